The first-order valence-corrected chi connectivity index (χ1v) is 7.18. The van der Waals surface area contributed by atoms with Crippen LogP contribution in [0.25, 0.3) is 0 Å². The lowest BCUT2D eigenvalue weighted by molar-refractivity contribution is -0.122. The molecule has 5 heteroatoms. The maximum atomic E-state index is 11.8. The van der Waals surface area contributed by atoms with Crippen LogP contribution in [0.5, 0.6) is 5.75 Å². The molecule has 0 aliphatic carbocycles. The molecule has 1 aromatic carbocycles. The van der Waals surface area contributed by atoms with Crippen LogP contribution in [0.1, 0.15) is 26.3 Å². The van der Waals surface area contributed by atoms with E-state index >= 15 is 0 Å². The lowest BCUT2D eigenvalue weighted by Gasteiger charge is -2.15. The first-order chi connectivity index (χ1) is 8.90. The molecule has 1 atom stereocenters. The van der Waals surface area contributed by atoms with Gasteiger partial charge in [-0.2, -0.15) is 0 Å². The van der Waals surface area contributed by atoms with Gasteiger partial charge in [-0.25, -0.2) is 0 Å². The highest BCUT2D eigenvalue weighted by Crippen LogP contribution is 2.21. The zero-order valence-electron chi connectivity index (χ0n) is 11.5. The maximum absolute atomic E-state index is 11.8. The van der Waals surface area contributed by atoms with Crippen LogP contribution in [0.2, 0.25) is 0 Å². The molecule has 106 valence electrons. The Morgan fingerprint density at radius 3 is 2.68 bits per heavy atom. The molecule has 0 saturated carbocycles. The topological polar surface area (TPSA) is 61.4 Å². The molecule has 1 aromatic rings. The van der Waals surface area contributed by atoms with Gasteiger partial charge in [0.2, 0.25) is 5.91 Å². The predicted octanol–water partition coefficient (Wildman–Crippen LogP) is 2.41. The van der Waals surface area contributed by atoms with Crippen molar-refractivity contribution < 1.29 is 9.90 Å². The number of benzene rings is 1. The van der Waals surface area contributed by atoms with Crippen molar-refractivity contribution in [2.24, 2.45) is 5.92 Å². The van der Waals surface area contributed by atoms with Crippen molar-refractivity contribution in [1.82, 2.24) is 10.6 Å². The van der Waals surface area contributed by atoms with E-state index in [1.165, 1.54) is 0 Å². The van der Waals surface area contributed by atoms with Crippen molar-refractivity contribution in [3.63, 3.8) is 0 Å². The number of aromatic hydroxyl groups is 1. The van der Waals surface area contributed by atoms with Crippen molar-refractivity contribution in [1.29, 1.82) is 0 Å². The summed E-state index contributed by atoms with van der Waals surface area (Å²) in [5.74, 6) is 0.638. The number of halogens is 1. The fourth-order valence-corrected chi connectivity index (χ4v) is 1.92. The molecule has 1 rings (SSSR count). The molecule has 0 aromatic heterocycles. The zero-order valence-corrected chi connectivity index (χ0v) is 13.1. The summed E-state index contributed by atoms with van der Waals surface area (Å²) >= 11 is 3.35. The monoisotopic (exact) mass is 328 g/mol. The van der Waals surface area contributed by atoms with Gasteiger partial charge in [-0.05, 0) is 31.0 Å². The van der Waals surface area contributed by atoms with E-state index in [9.17, 15) is 9.90 Å². The standard InChI is InChI=1S/C14H21BrN2O2/c1-9(2)7-17-14(19)10(3)16-8-11-6-12(15)4-5-13(11)18/h4-6,9-10,16,18H,7-8H2,1-3H3,(H,17,19). The molecule has 0 saturated heterocycles. The van der Waals surface area contributed by atoms with Crippen LogP contribution in [-0.4, -0.2) is 23.6 Å². The minimum atomic E-state index is -0.294. The van der Waals surface area contributed by atoms with E-state index in [0.717, 1.165) is 10.0 Å². The number of nitrogens with one attached hydrogen (secondary N) is 2. The Morgan fingerprint density at radius 1 is 1.37 bits per heavy atom. The van der Waals surface area contributed by atoms with Gasteiger partial charge >= 0.3 is 0 Å². The molecule has 0 aliphatic heterocycles. The summed E-state index contributed by atoms with van der Waals surface area (Å²) in [6.45, 7) is 7.04. The van der Waals surface area contributed by atoms with E-state index in [0.29, 0.717) is 19.0 Å². The smallest absolute Gasteiger partial charge is 0.236 e. The van der Waals surface area contributed by atoms with Crippen LogP contribution >= 0.6 is 15.9 Å². The number of rotatable bonds is 6. The van der Waals surface area contributed by atoms with E-state index in [-0.39, 0.29) is 17.7 Å². The second kappa shape index (κ2) is 7.50. The van der Waals surface area contributed by atoms with E-state index in [4.69, 9.17) is 0 Å². The first kappa shape index (κ1) is 16.0. The molecule has 0 bridgehead atoms. The normalized spacial score (nSPS) is 12.5. The average Bonchev–Trinajstić information content (AvgIpc) is 2.36. The molecule has 1 unspecified atom stereocenters. The van der Waals surface area contributed by atoms with Gasteiger partial charge in [-0.1, -0.05) is 29.8 Å². The SMILES string of the molecule is CC(C)CNC(=O)C(C)NCc1cc(Br)ccc1O. The Labute approximate surface area is 122 Å². The summed E-state index contributed by atoms with van der Waals surface area (Å²) in [4.78, 5) is 11.8. The molecule has 0 fully saturated rings. The summed E-state index contributed by atoms with van der Waals surface area (Å²) in [6.07, 6.45) is 0. The minimum Gasteiger partial charge on any atom is -0.508 e. The van der Waals surface area contributed by atoms with Crippen molar-refractivity contribution in [3.8, 4) is 5.75 Å². The fraction of sp³-hybridized carbons (Fsp3) is 0.500. The number of amides is 1. The minimum absolute atomic E-state index is 0.0248. The molecular weight excluding hydrogens is 308 g/mol. The number of phenolic OH excluding ortho intramolecular Hbond substituents is 1. The summed E-state index contributed by atoms with van der Waals surface area (Å²) in [6, 6.07) is 4.95. The number of hydrogen-bond acceptors (Lipinski definition) is 3. The molecule has 3 N–H and O–H groups in total. The van der Waals surface area contributed by atoms with Crippen LogP contribution in [0.4, 0.5) is 0 Å². The van der Waals surface area contributed by atoms with Gasteiger partial charge < -0.3 is 15.7 Å². The average molecular weight is 329 g/mol. The van der Waals surface area contributed by atoms with Crippen LogP contribution in [0, 0.1) is 5.92 Å². The highest BCUT2D eigenvalue weighted by molar-refractivity contribution is 9.10. The van der Waals surface area contributed by atoms with Crippen molar-refractivity contribution in [3.05, 3.63) is 28.2 Å². The molecule has 0 radical (unpaired) electrons. The molecular formula is C14H21BrN2O2. The van der Waals surface area contributed by atoms with E-state index < -0.39 is 0 Å². The van der Waals surface area contributed by atoms with Gasteiger partial charge in [-0.3, -0.25) is 4.79 Å². The van der Waals surface area contributed by atoms with Gasteiger partial charge in [0, 0.05) is 23.1 Å². The van der Waals surface area contributed by atoms with Crippen LogP contribution in [-0.2, 0) is 11.3 Å². The quantitative estimate of drug-likeness (QED) is 0.751. The summed E-state index contributed by atoms with van der Waals surface area (Å²) in [5, 5.41) is 15.7. The molecule has 0 aliphatic rings. The Balaban J connectivity index is 2.47. The summed E-state index contributed by atoms with van der Waals surface area (Å²) in [7, 11) is 0. The molecule has 0 heterocycles. The molecule has 0 spiro atoms. The lowest BCUT2D eigenvalue weighted by atomic mass is 10.2. The predicted molar refractivity (Wildman–Crippen MR) is 80.0 cm³/mol. The van der Waals surface area contributed by atoms with Gasteiger partial charge in [0.15, 0.2) is 0 Å². The van der Waals surface area contributed by atoms with E-state index in [1.54, 1.807) is 12.1 Å². The first-order valence-electron chi connectivity index (χ1n) is 6.38. The van der Waals surface area contributed by atoms with Gasteiger partial charge in [0.05, 0.1) is 6.04 Å². The Hall–Kier alpha value is -1.07. The number of carbonyl (C=O) groups is 1. The Morgan fingerprint density at radius 2 is 2.05 bits per heavy atom. The highest BCUT2D eigenvalue weighted by Gasteiger charge is 2.13. The van der Waals surface area contributed by atoms with Crippen molar-refractivity contribution in [2.45, 2.75) is 33.4 Å². The number of phenols is 1. The molecule has 1 amide bonds. The molecule has 19 heavy (non-hydrogen) atoms. The van der Waals surface area contributed by atoms with E-state index in [1.807, 2.05) is 13.0 Å². The third-order valence-electron chi connectivity index (χ3n) is 2.72. The third kappa shape index (κ3) is 5.61. The van der Waals surface area contributed by atoms with Gasteiger partial charge in [-0.15, -0.1) is 0 Å². The van der Waals surface area contributed by atoms with Crippen molar-refractivity contribution in [2.75, 3.05) is 6.54 Å². The number of carbonyl (C=O) groups excluding carboxylic acids is 1. The van der Waals surface area contributed by atoms with Crippen LogP contribution in [0.15, 0.2) is 22.7 Å². The molecule has 4 nitrogen and oxygen atoms in total. The number of hydrogen-bond donors (Lipinski definition) is 3. The second-order valence-electron chi connectivity index (χ2n) is 5.01. The van der Waals surface area contributed by atoms with Gasteiger partial charge in [0.1, 0.15) is 5.75 Å². The Bertz CT molecular complexity index is 435. The van der Waals surface area contributed by atoms with Crippen LogP contribution in [0.3, 0.4) is 0 Å². The fourth-order valence-electron chi connectivity index (χ4n) is 1.51. The third-order valence-corrected chi connectivity index (χ3v) is 3.21. The summed E-state index contributed by atoms with van der Waals surface area (Å²) < 4.78 is 0.902. The second-order valence-corrected chi connectivity index (χ2v) is 5.93. The largest absolute Gasteiger partial charge is 0.508 e. The van der Waals surface area contributed by atoms with Gasteiger partial charge in [0.25, 0.3) is 0 Å². The zero-order chi connectivity index (χ0) is 14.4. The Kier molecular flexibility index (Phi) is 6.31. The van der Waals surface area contributed by atoms with Crippen molar-refractivity contribution >= 4 is 21.8 Å². The van der Waals surface area contributed by atoms with E-state index in [2.05, 4.69) is 40.4 Å². The van der Waals surface area contributed by atoms with Crippen LogP contribution < -0.4 is 10.6 Å². The maximum Gasteiger partial charge on any atom is 0.236 e. The summed E-state index contributed by atoms with van der Waals surface area (Å²) in [5.41, 5.74) is 0.762. The lowest BCUT2D eigenvalue weighted by Crippen LogP contribution is -2.42. The highest BCUT2D eigenvalue weighted by atomic mass is 79.9.